The van der Waals surface area contributed by atoms with Crippen LogP contribution in [0.1, 0.15) is 9.67 Å². The van der Waals surface area contributed by atoms with Crippen LogP contribution in [0.25, 0.3) is 10.1 Å². The minimum absolute atomic E-state index is 0.258. The van der Waals surface area contributed by atoms with Gasteiger partial charge in [0.1, 0.15) is 10.7 Å². The first-order valence-corrected chi connectivity index (χ1v) is 9.62. The van der Waals surface area contributed by atoms with E-state index in [0.29, 0.717) is 16.0 Å². The quantitative estimate of drug-likeness (QED) is 0.488. The molecule has 0 aliphatic rings. The molecule has 136 valence electrons. The first-order chi connectivity index (χ1) is 13.1. The summed E-state index contributed by atoms with van der Waals surface area (Å²) in [7, 11) is 0. The molecular weight excluding hydrogens is 387 g/mol. The Balaban J connectivity index is 1.60. The number of fused-ring (bicyclic) bond motifs is 1. The van der Waals surface area contributed by atoms with Gasteiger partial charge in [-0.2, -0.15) is 5.26 Å². The average molecular weight is 400 g/mol. The van der Waals surface area contributed by atoms with Gasteiger partial charge < -0.3 is 10.1 Å². The molecule has 0 saturated heterocycles. The molecule has 1 N–H and O–H groups in total. The molecule has 3 rings (SSSR count). The number of anilines is 1. The van der Waals surface area contributed by atoms with Crippen molar-refractivity contribution in [2.45, 2.75) is 4.90 Å². The van der Waals surface area contributed by atoms with E-state index in [9.17, 15) is 14.0 Å². The molecule has 0 bridgehead atoms. The molecule has 0 fully saturated rings. The molecule has 5 nitrogen and oxygen atoms in total. The number of benzene rings is 2. The van der Waals surface area contributed by atoms with E-state index in [1.165, 1.54) is 41.3 Å². The predicted molar refractivity (Wildman–Crippen MR) is 103 cm³/mol. The van der Waals surface area contributed by atoms with Gasteiger partial charge in [-0.15, -0.1) is 23.1 Å². The number of nitriles is 1. The first-order valence-electron chi connectivity index (χ1n) is 7.81. The molecular formula is C19H13FN2O3S2. The number of rotatable bonds is 6. The lowest BCUT2D eigenvalue weighted by molar-refractivity contribution is -0.119. The van der Waals surface area contributed by atoms with E-state index >= 15 is 0 Å². The zero-order chi connectivity index (χ0) is 19.2. The SMILES string of the molecule is N#CCSc1ccccc1NC(=O)COC(=O)c1cc2cc(F)ccc2s1. The van der Waals surface area contributed by atoms with Crippen LogP contribution in [0, 0.1) is 17.1 Å². The van der Waals surface area contributed by atoms with Crippen LogP contribution < -0.4 is 5.32 Å². The third-order valence-corrected chi connectivity index (χ3v) is 5.50. The maximum absolute atomic E-state index is 13.2. The number of nitrogens with one attached hydrogen (secondary N) is 1. The second kappa shape index (κ2) is 8.66. The summed E-state index contributed by atoms with van der Waals surface area (Å²) in [6.07, 6.45) is 0. The molecule has 0 aliphatic heterocycles. The van der Waals surface area contributed by atoms with Crippen LogP contribution in [-0.4, -0.2) is 24.2 Å². The van der Waals surface area contributed by atoms with Crippen molar-refractivity contribution in [2.75, 3.05) is 17.7 Å². The van der Waals surface area contributed by atoms with Crippen LogP contribution in [0.2, 0.25) is 0 Å². The Morgan fingerprint density at radius 2 is 2.04 bits per heavy atom. The molecule has 8 heteroatoms. The number of thioether (sulfide) groups is 1. The summed E-state index contributed by atoms with van der Waals surface area (Å²) in [4.78, 5) is 25.3. The van der Waals surface area contributed by atoms with Crippen LogP contribution >= 0.6 is 23.1 Å². The molecule has 2 aromatic carbocycles. The molecule has 0 saturated carbocycles. The van der Waals surface area contributed by atoms with Gasteiger partial charge in [0.25, 0.3) is 5.91 Å². The van der Waals surface area contributed by atoms with Gasteiger partial charge >= 0.3 is 5.97 Å². The van der Waals surface area contributed by atoms with Crippen LogP contribution in [0.3, 0.4) is 0 Å². The largest absolute Gasteiger partial charge is 0.451 e. The zero-order valence-corrected chi connectivity index (χ0v) is 15.5. The maximum atomic E-state index is 13.2. The van der Waals surface area contributed by atoms with E-state index < -0.39 is 18.5 Å². The summed E-state index contributed by atoms with van der Waals surface area (Å²) in [6, 6.07) is 14.9. The summed E-state index contributed by atoms with van der Waals surface area (Å²) >= 11 is 2.48. The van der Waals surface area contributed by atoms with Crippen molar-refractivity contribution in [1.29, 1.82) is 5.26 Å². The number of ether oxygens (including phenoxy) is 1. The highest BCUT2D eigenvalue weighted by molar-refractivity contribution is 7.99. The number of esters is 1. The third kappa shape index (κ3) is 4.84. The molecule has 0 spiro atoms. The topological polar surface area (TPSA) is 79.2 Å². The molecule has 1 aromatic heterocycles. The van der Waals surface area contributed by atoms with Gasteiger partial charge in [-0.1, -0.05) is 12.1 Å². The Morgan fingerprint density at radius 1 is 1.22 bits per heavy atom. The second-order valence-electron chi connectivity index (χ2n) is 5.36. The minimum atomic E-state index is -0.640. The molecule has 0 unspecified atom stereocenters. The standard InChI is InChI=1S/C19H13FN2O3S2/c20-13-5-6-15-12(9-13)10-17(27-15)19(24)25-11-18(23)22-14-3-1-2-4-16(14)26-8-7-21/h1-6,9-10H,8,11H2,(H,22,23). The fourth-order valence-electron chi connectivity index (χ4n) is 2.31. The van der Waals surface area contributed by atoms with Crippen LogP contribution in [0.5, 0.6) is 0 Å². The van der Waals surface area contributed by atoms with Crippen molar-refractivity contribution in [3.63, 3.8) is 0 Å². The van der Waals surface area contributed by atoms with Crippen LogP contribution in [0.15, 0.2) is 53.4 Å². The van der Waals surface area contributed by atoms with Gasteiger partial charge in [-0.05, 0) is 41.8 Å². The van der Waals surface area contributed by atoms with E-state index in [1.807, 2.05) is 6.07 Å². The molecule has 0 atom stereocenters. The number of thiophene rings is 1. The van der Waals surface area contributed by atoms with Crippen LogP contribution in [-0.2, 0) is 9.53 Å². The molecule has 0 radical (unpaired) electrons. The summed E-state index contributed by atoms with van der Waals surface area (Å²) in [5.41, 5.74) is 0.552. The Bertz CT molecular complexity index is 1040. The predicted octanol–water partition coefficient (Wildman–Crippen LogP) is 4.45. The normalized spacial score (nSPS) is 10.4. The van der Waals surface area contributed by atoms with Crippen molar-refractivity contribution in [1.82, 2.24) is 0 Å². The van der Waals surface area contributed by atoms with Crippen LogP contribution in [0.4, 0.5) is 10.1 Å². The molecule has 0 aliphatic carbocycles. The van der Waals surface area contributed by atoms with Crippen molar-refractivity contribution in [2.24, 2.45) is 0 Å². The van der Waals surface area contributed by atoms with E-state index in [0.717, 1.165) is 9.60 Å². The molecule has 3 aromatic rings. The number of para-hydroxylation sites is 1. The summed E-state index contributed by atoms with van der Waals surface area (Å²) in [5, 5.41) is 12.0. The van der Waals surface area contributed by atoms with Gasteiger partial charge in [0.05, 0.1) is 17.5 Å². The van der Waals surface area contributed by atoms with Gasteiger partial charge in [-0.3, -0.25) is 4.79 Å². The second-order valence-corrected chi connectivity index (χ2v) is 7.46. The van der Waals surface area contributed by atoms with E-state index in [1.54, 1.807) is 30.3 Å². The molecule has 1 amide bonds. The van der Waals surface area contributed by atoms with Crippen molar-refractivity contribution < 1.29 is 18.7 Å². The third-order valence-electron chi connectivity index (χ3n) is 3.47. The Labute approximate surface area is 162 Å². The number of amides is 1. The van der Waals surface area contributed by atoms with Crippen molar-refractivity contribution in [3.05, 3.63) is 59.2 Å². The monoisotopic (exact) mass is 400 g/mol. The number of hydrogen-bond donors (Lipinski definition) is 1. The lowest BCUT2D eigenvalue weighted by Gasteiger charge is -2.09. The Morgan fingerprint density at radius 3 is 2.85 bits per heavy atom. The summed E-state index contributed by atoms with van der Waals surface area (Å²) in [6.45, 7) is -0.446. The fraction of sp³-hybridized carbons (Fsp3) is 0.105. The van der Waals surface area contributed by atoms with E-state index in [-0.39, 0.29) is 11.6 Å². The smallest absolute Gasteiger partial charge is 0.348 e. The van der Waals surface area contributed by atoms with Crippen molar-refractivity contribution >= 4 is 50.7 Å². The van der Waals surface area contributed by atoms with Gasteiger partial charge in [0, 0.05) is 9.60 Å². The lowest BCUT2D eigenvalue weighted by atomic mass is 10.2. The maximum Gasteiger partial charge on any atom is 0.348 e. The highest BCUT2D eigenvalue weighted by atomic mass is 32.2. The molecule has 1 heterocycles. The Hall–Kier alpha value is -2.89. The fourth-order valence-corrected chi connectivity index (χ4v) is 3.92. The molecule has 27 heavy (non-hydrogen) atoms. The van der Waals surface area contributed by atoms with E-state index in [2.05, 4.69) is 5.32 Å². The van der Waals surface area contributed by atoms with Crippen molar-refractivity contribution in [3.8, 4) is 6.07 Å². The van der Waals surface area contributed by atoms with Gasteiger partial charge in [0.15, 0.2) is 6.61 Å². The highest BCUT2D eigenvalue weighted by Crippen LogP contribution is 2.28. The number of carbonyl (C=O) groups excluding carboxylic acids is 2. The lowest BCUT2D eigenvalue weighted by Crippen LogP contribution is -2.20. The number of nitrogens with zero attached hydrogens (tertiary/aromatic N) is 1. The average Bonchev–Trinajstić information content (AvgIpc) is 3.08. The Kier molecular flexibility index (Phi) is 6.06. The summed E-state index contributed by atoms with van der Waals surface area (Å²) in [5.74, 6) is -1.25. The number of halogens is 1. The van der Waals surface area contributed by atoms with Gasteiger partial charge in [0.2, 0.25) is 0 Å². The summed E-state index contributed by atoms with van der Waals surface area (Å²) < 4.78 is 19.0. The van der Waals surface area contributed by atoms with E-state index in [4.69, 9.17) is 10.00 Å². The number of carbonyl (C=O) groups is 2. The van der Waals surface area contributed by atoms with Gasteiger partial charge in [-0.25, -0.2) is 9.18 Å². The minimum Gasteiger partial charge on any atom is -0.451 e. The first kappa shape index (κ1) is 18.9. The zero-order valence-electron chi connectivity index (χ0n) is 13.9. The number of hydrogen-bond acceptors (Lipinski definition) is 6. The highest BCUT2D eigenvalue weighted by Gasteiger charge is 2.15.